The first-order valence-electron chi connectivity index (χ1n) is 13.6. The van der Waals surface area contributed by atoms with Crippen LogP contribution in [0.2, 0.25) is 0 Å². The molecule has 2 saturated carbocycles. The Balaban J connectivity index is 2.40. The monoisotopic (exact) mass is 470 g/mol. The minimum atomic E-state index is -0.136. The molecule has 0 radical (unpaired) electrons. The fraction of sp³-hybridized carbons (Fsp3) is 0.781. The average Bonchev–Trinajstić information content (AvgIpc) is 2.70. The molecule has 2 nitrogen and oxygen atoms in total. The summed E-state index contributed by atoms with van der Waals surface area (Å²) in [6, 6.07) is 0. The Morgan fingerprint density at radius 3 is 1.88 bits per heavy atom. The smallest absolute Gasteiger partial charge is 0.333 e. The van der Waals surface area contributed by atoms with Crippen LogP contribution in [0.25, 0.3) is 0 Å². The Bertz CT molecular complexity index is 751. The Labute approximate surface area is 211 Å². The van der Waals surface area contributed by atoms with Gasteiger partial charge in [0.05, 0.1) is 0 Å². The number of rotatable bonds is 5. The fourth-order valence-electron chi connectivity index (χ4n) is 7.26. The van der Waals surface area contributed by atoms with E-state index in [1.54, 1.807) is 0 Å². The van der Waals surface area contributed by atoms with Crippen molar-refractivity contribution < 1.29 is 9.53 Å². The number of carbonyl (C=O) groups is 1. The van der Waals surface area contributed by atoms with Crippen molar-refractivity contribution >= 4 is 5.97 Å². The molecule has 0 bridgehead atoms. The summed E-state index contributed by atoms with van der Waals surface area (Å²) in [7, 11) is 0. The van der Waals surface area contributed by atoms with Crippen LogP contribution < -0.4 is 0 Å². The number of ether oxygens (including phenoxy) is 1. The van der Waals surface area contributed by atoms with Gasteiger partial charge in [-0.3, -0.25) is 0 Å². The first-order chi connectivity index (χ1) is 15.5. The normalized spacial score (nSPS) is 33.8. The molecule has 0 aromatic heterocycles. The highest BCUT2D eigenvalue weighted by atomic mass is 16.5. The molecule has 2 heteroatoms. The highest BCUT2D eigenvalue weighted by molar-refractivity contribution is 5.87. The molecule has 0 aromatic rings. The van der Waals surface area contributed by atoms with Crippen molar-refractivity contribution in [2.45, 2.75) is 107 Å². The van der Waals surface area contributed by atoms with Crippen LogP contribution in [0.1, 0.15) is 101 Å². The standard InChI is InChI=1S/C32H54O2/c1-13-22-16-15-17-24(19-22)34-29(33)21(3)18-23-20-26(30(4,5)6)28(32(10,11)12)25(14-2)27(23)31(7,8)9/h13-14,18,22-28H,1-2,15-17,19-20H2,3-12H3. The van der Waals surface area contributed by atoms with Crippen LogP contribution in [0.3, 0.4) is 0 Å². The minimum Gasteiger partial charge on any atom is -0.459 e. The van der Waals surface area contributed by atoms with E-state index in [9.17, 15) is 4.79 Å². The maximum absolute atomic E-state index is 13.2. The van der Waals surface area contributed by atoms with Crippen LogP contribution in [-0.2, 0) is 9.53 Å². The second-order valence-electron chi connectivity index (χ2n) is 14.5. The zero-order chi connectivity index (χ0) is 26.1. The van der Waals surface area contributed by atoms with E-state index < -0.39 is 0 Å². The third-order valence-corrected chi connectivity index (χ3v) is 8.69. The number of carbonyl (C=O) groups excluding carboxylic acids is 1. The number of allylic oxidation sites excluding steroid dienone is 3. The van der Waals surface area contributed by atoms with Gasteiger partial charge < -0.3 is 4.74 Å². The summed E-state index contributed by atoms with van der Waals surface area (Å²) in [4.78, 5) is 13.2. The first kappa shape index (κ1) is 28.9. The van der Waals surface area contributed by atoms with Crippen LogP contribution in [0, 0.1) is 51.8 Å². The molecule has 2 fully saturated rings. The first-order valence-corrected chi connectivity index (χ1v) is 13.6. The Kier molecular flexibility index (Phi) is 9.15. The second kappa shape index (κ2) is 10.8. The number of hydrogen-bond acceptors (Lipinski definition) is 2. The van der Waals surface area contributed by atoms with Crippen molar-refractivity contribution in [1.29, 1.82) is 0 Å². The average molecular weight is 471 g/mol. The molecule has 7 unspecified atom stereocenters. The van der Waals surface area contributed by atoms with Gasteiger partial charge >= 0.3 is 5.97 Å². The molecule has 2 rings (SSSR count). The van der Waals surface area contributed by atoms with E-state index in [-0.39, 0.29) is 28.3 Å². The zero-order valence-corrected chi connectivity index (χ0v) is 24.0. The molecule has 0 aromatic carbocycles. The minimum absolute atomic E-state index is 0.0193. The van der Waals surface area contributed by atoms with E-state index in [0.29, 0.717) is 35.5 Å². The lowest BCUT2D eigenvalue weighted by molar-refractivity contribution is -0.146. The largest absolute Gasteiger partial charge is 0.459 e. The Morgan fingerprint density at radius 1 is 0.824 bits per heavy atom. The summed E-state index contributed by atoms with van der Waals surface area (Å²) in [5, 5.41) is 0. The molecule has 34 heavy (non-hydrogen) atoms. The van der Waals surface area contributed by atoms with E-state index in [4.69, 9.17) is 4.74 Å². The van der Waals surface area contributed by atoms with Crippen molar-refractivity contribution in [3.8, 4) is 0 Å². The molecule has 7 atom stereocenters. The van der Waals surface area contributed by atoms with Crippen molar-refractivity contribution in [2.24, 2.45) is 51.8 Å². The molecule has 194 valence electrons. The molecule has 0 amide bonds. The third kappa shape index (κ3) is 6.88. The van der Waals surface area contributed by atoms with Gasteiger partial charge in [-0.25, -0.2) is 4.79 Å². The van der Waals surface area contributed by atoms with Crippen LogP contribution >= 0.6 is 0 Å². The van der Waals surface area contributed by atoms with E-state index in [0.717, 1.165) is 37.7 Å². The summed E-state index contributed by atoms with van der Waals surface area (Å²) >= 11 is 0. The van der Waals surface area contributed by atoms with Gasteiger partial charge in [0.25, 0.3) is 0 Å². The molecular weight excluding hydrogens is 416 g/mol. The molecule has 2 aliphatic rings. The fourth-order valence-corrected chi connectivity index (χ4v) is 7.26. The van der Waals surface area contributed by atoms with Gasteiger partial charge in [-0.05, 0) is 90.8 Å². The number of esters is 1. The summed E-state index contributed by atoms with van der Waals surface area (Å²) in [5.74, 6) is 2.57. The summed E-state index contributed by atoms with van der Waals surface area (Å²) in [6.45, 7) is 31.7. The topological polar surface area (TPSA) is 26.3 Å². The molecule has 2 aliphatic carbocycles. The lowest BCUT2D eigenvalue weighted by atomic mass is 9.47. The second-order valence-corrected chi connectivity index (χ2v) is 14.5. The predicted molar refractivity (Wildman–Crippen MR) is 146 cm³/mol. The summed E-state index contributed by atoms with van der Waals surface area (Å²) in [5.41, 5.74) is 1.25. The molecular formula is C32H54O2. The van der Waals surface area contributed by atoms with Crippen LogP contribution in [0.5, 0.6) is 0 Å². The molecule has 0 saturated heterocycles. The van der Waals surface area contributed by atoms with Gasteiger partial charge in [-0.1, -0.05) is 80.5 Å². The van der Waals surface area contributed by atoms with E-state index in [2.05, 4.69) is 87.6 Å². The van der Waals surface area contributed by atoms with Gasteiger partial charge in [0.1, 0.15) is 6.10 Å². The van der Waals surface area contributed by atoms with Crippen molar-refractivity contribution in [1.82, 2.24) is 0 Å². The van der Waals surface area contributed by atoms with E-state index in [1.165, 1.54) is 0 Å². The third-order valence-electron chi connectivity index (χ3n) is 8.69. The summed E-state index contributed by atoms with van der Waals surface area (Å²) in [6.07, 6.45) is 11.8. The van der Waals surface area contributed by atoms with Crippen LogP contribution in [-0.4, -0.2) is 12.1 Å². The zero-order valence-electron chi connectivity index (χ0n) is 24.0. The predicted octanol–water partition coefficient (Wildman–Crippen LogP) is 9.03. The SMILES string of the molecule is C=CC1CCCC(OC(=O)C(C)=CC2CC(C(C)(C)C)C(C(C)(C)C)C(C=C)C2C(C)(C)C)C1. The Morgan fingerprint density at radius 2 is 1.41 bits per heavy atom. The quantitative estimate of drug-likeness (QED) is 0.227. The molecule has 0 aliphatic heterocycles. The van der Waals surface area contributed by atoms with Crippen molar-refractivity contribution in [2.75, 3.05) is 0 Å². The highest BCUT2D eigenvalue weighted by Gasteiger charge is 2.53. The Hall–Kier alpha value is -1.31. The summed E-state index contributed by atoms with van der Waals surface area (Å²) < 4.78 is 6.00. The maximum atomic E-state index is 13.2. The molecule has 0 heterocycles. The van der Waals surface area contributed by atoms with Crippen LogP contribution in [0.15, 0.2) is 37.0 Å². The lowest BCUT2D eigenvalue weighted by Crippen LogP contribution is -2.51. The van der Waals surface area contributed by atoms with Gasteiger partial charge in [0.2, 0.25) is 0 Å². The maximum Gasteiger partial charge on any atom is 0.333 e. The van der Waals surface area contributed by atoms with Crippen LogP contribution in [0.4, 0.5) is 0 Å². The van der Waals surface area contributed by atoms with Crippen molar-refractivity contribution in [3.05, 3.63) is 37.0 Å². The van der Waals surface area contributed by atoms with E-state index >= 15 is 0 Å². The van der Waals surface area contributed by atoms with E-state index in [1.807, 2.05) is 13.0 Å². The lowest BCUT2D eigenvalue weighted by Gasteiger charge is -2.58. The van der Waals surface area contributed by atoms with Gasteiger partial charge in [-0.2, -0.15) is 0 Å². The molecule has 0 spiro atoms. The van der Waals surface area contributed by atoms with Gasteiger partial charge in [0, 0.05) is 5.57 Å². The van der Waals surface area contributed by atoms with Crippen molar-refractivity contribution in [3.63, 3.8) is 0 Å². The molecule has 0 N–H and O–H groups in total. The highest BCUT2D eigenvalue weighted by Crippen LogP contribution is 2.59. The van der Waals surface area contributed by atoms with Gasteiger partial charge in [0.15, 0.2) is 0 Å². The number of hydrogen-bond donors (Lipinski definition) is 0. The van der Waals surface area contributed by atoms with Gasteiger partial charge in [-0.15, -0.1) is 13.2 Å².